The summed E-state index contributed by atoms with van der Waals surface area (Å²) < 4.78 is 24.0. The van der Waals surface area contributed by atoms with E-state index in [2.05, 4.69) is 0 Å². The Morgan fingerprint density at radius 1 is 1.42 bits per heavy atom. The van der Waals surface area contributed by atoms with Gasteiger partial charge in [-0.15, -0.1) is 0 Å². The lowest BCUT2D eigenvalue weighted by Crippen LogP contribution is -2.36. The maximum absolute atomic E-state index is 13.5. The van der Waals surface area contributed by atoms with Crippen molar-refractivity contribution in [3.05, 3.63) is 35.9 Å². The van der Waals surface area contributed by atoms with Crippen LogP contribution in [0.4, 0.5) is 9.18 Å². The summed E-state index contributed by atoms with van der Waals surface area (Å²) in [5.41, 5.74) is 0.922. The maximum atomic E-state index is 13.5. The molecule has 102 valence electrons. The summed E-state index contributed by atoms with van der Waals surface area (Å²) in [5.74, 6) is -0.174. The van der Waals surface area contributed by atoms with Gasteiger partial charge in [-0.25, -0.2) is 9.18 Å². The van der Waals surface area contributed by atoms with Crippen molar-refractivity contribution in [3.63, 3.8) is 0 Å². The molecule has 0 bridgehead atoms. The summed E-state index contributed by atoms with van der Waals surface area (Å²) in [6, 6.07) is 9.09. The molecule has 4 nitrogen and oxygen atoms in total. The standard InChI is InChI=1S/C14H16FNO3/c15-12-11-9-18-7-6-16(13(11)12)14(17)19-8-10-4-2-1-3-5-10/h1-5,11-13H,6-9H2/t11-,12-,13-/m0/s1. The molecular formula is C14H16FNO3. The lowest BCUT2D eigenvalue weighted by molar-refractivity contribution is 0.0769. The Kier molecular flexibility index (Phi) is 3.38. The number of carbonyl (C=O) groups excluding carboxylic acids is 1. The van der Waals surface area contributed by atoms with Crippen molar-refractivity contribution < 1.29 is 18.7 Å². The minimum absolute atomic E-state index is 0.174. The third-order valence-corrected chi connectivity index (χ3v) is 3.62. The molecule has 19 heavy (non-hydrogen) atoms. The van der Waals surface area contributed by atoms with Crippen LogP contribution < -0.4 is 0 Å². The summed E-state index contributed by atoms with van der Waals surface area (Å²) in [6.07, 6.45) is -1.42. The molecule has 1 aromatic rings. The largest absolute Gasteiger partial charge is 0.445 e. The number of carbonyl (C=O) groups is 1. The number of ether oxygens (including phenoxy) is 2. The van der Waals surface area contributed by atoms with E-state index >= 15 is 0 Å². The van der Waals surface area contributed by atoms with E-state index in [0.717, 1.165) is 5.56 Å². The Morgan fingerprint density at radius 3 is 3.00 bits per heavy atom. The van der Waals surface area contributed by atoms with Crippen LogP contribution in [0.3, 0.4) is 0 Å². The Morgan fingerprint density at radius 2 is 2.21 bits per heavy atom. The number of benzene rings is 1. The van der Waals surface area contributed by atoms with Crippen LogP contribution in [0.1, 0.15) is 5.56 Å². The van der Waals surface area contributed by atoms with E-state index in [1.165, 1.54) is 4.90 Å². The quantitative estimate of drug-likeness (QED) is 0.821. The monoisotopic (exact) mass is 265 g/mol. The molecule has 1 amide bonds. The number of rotatable bonds is 2. The summed E-state index contributed by atoms with van der Waals surface area (Å²) in [7, 11) is 0. The molecule has 3 atom stereocenters. The highest BCUT2D eigenvalue weighted by molar-refractivity contribution is 5.69. The molecule has 1 aliphatic heterocycles. The Hall–Kier alpha value is -1.62. The molecule has 0 aromatic heterocycles. The number of alkyl halides is 1. The average Bonchev–Trinajstić information content (AvgIpc) is 3.13. The Balaban J connectivity index is 1.58. The van der Waals surface area contributed by atoms with Crippen LogP contribution in [0.25, 0.3) is 0 Å². The first-order chi connectivity index (χ1) is 9.27. The number of halogens is 1. The van der Waals surface area contributed by atoms with Gasteiger partial charge in [0.25, 0.3) is 0 Å². The van der Waals surface area contributed by atoms with Gasteiger partial charge in [0.2, 0.25) is 0 Å². The van der Waals surface area contributed by atoms with Crippen molar-refractivity contribution in [1.82, 2.24) is 4.90 Å². The fourth-order valence-electron chi connectivity index (χ4n) is 2.46. The highest BCUT2D eigenvalue weighted by atomic mass is 19.1. The number of nitrogens with zero attached hydrogens (tertiary/aromatic N) is 1. The van der Waals surface area contributed by atoms with Crippen molar-refractivity contribution in [2.45, 2.75) is 18.8 Å². The second-order valence-corrected chi connectivity index (χ2v) is 4.91. The number of hydrogen-bond donors (Lipinski definition) is 0. The van der Waals surface area contributed by atoms with Crippen molar-refractivity contribution in [2.75, 3.05) is 19.8 Å². The molecule has 0 unspecified atom stereocenters. The molecule has 1 saturated carbocycles. The lowest BCUT2D eigenvalue weighted by atomic mass is 10.2. The Bertz CT molecular complexity index is 453. The van der Waals surface area contributed by atoms with Gasteiger partial charge >= 0.3 is 6.09 Å². The fraction of sp³-hybridized carbons (Fsp3) is 0.500. The fourth-order valence-corrected chi connectivity index (χ4v) is 2.46. The van der Waals surface area contributed by atoms with E-state index in [0.29, 0.717) is 19.8 Å². The van der Waals surface area contributed by atoms with Gasteiger partial charge in [-0.3, -0.25) is 4.90 Å². The first kappa shape index (κ1) is 12.4. The number of fused-ring (bicyclic) bond motifs is 1. The van der Waals surface area contributed by atoms with Crippen LogP contribution in [0.5, 0.6) is 0 Å². The summed E-state index contributed by atoms with van der Waals surface area (Å²) in [4.78, 5) is 13.5. The van der Waals surface area contributed by atoms with Gasteiger partial charge in [-0.05, 0) is 5.56 Å². The van der Waals surface area contributed by atoms with Gasteiger partial charge in [0.15, 0.2) is 0 Å². The zero-order valence-electron chi connectivity index (χ0n) is 10.5. The molecule has 0 N–H and O–H groups in total. The highest BCUT2D eigenvalue weighted by Gasteiger charge is 2.57. The van der Waals surface area contributed by atoms with Crippen LogP contribution >= 0.6 is 0 Å². The predicted octanol–water partition coefficient (Wildman–Crippen LogP) is 1.99. The van der Waals surface area contributed by atoms with Gasteiger partial charge in [0, 0.05) is 12.5 Å². The summed E-state index contributed by atoms with van der Waals surface area (Å²) >= 11 is 0. The van der Waals surface area contributed by atoms with E-state index in [-0.39, 0.29) is 18.6 Å². The maximum Gasteiger partial charge on any atom is 0.410 e. The van der Waals surface area contributed by atoms with Gasteiger partial charge < -0.3 is 9.47 Å². The highest BCUT2D eigenvalue weighted by Crippen LogP contribution is 2.41. The second-order valence-electron chi connectivity index (χ2n) is 4.91. The van der Waals surface area contributed by atoms with E-state index in [4.69, 9.17) is 9.47 Å². The third kappa shape index (κ3) is 2.56. The second kappa shape index (κ2) is 5.17. The van der Waals surface area contributed by atoms with Crippen molar-refractivity contribution in [3.8, 4) is 0 Å². The number of hydrogen-bond acceptors (Lipinski definition) is 3. The lowest BCUT2D eigenvalue weighted by Gasteiger charge is -2.20. The van der Waals surface area contributed by atoms with Crippen LogP contribution in [-0.4, -0.2) is 43.0 Å². The van der Waals surface area contributed by atoms with Gasteiger partial charge in [0.05, 0.1) is 19.3 Å². The number of amides is 1. The zero-order valence-corrected chi connectivity index (χ0v) is 10.5. The molecule has 2 fully saturated rings. The van der Waals surface area contributed by atoms with E-state index in [9.17, 15) is 9.18 Å². The zero-order chi connectivity index (χ0) is 13.2. The van der Waals surface area contributed by atoms with Crippen molar-refractivity contribution >= 4 is 6.09 Å². The topological polar surface area (TPSA) is 38.8 Å². The van der Waals surface area contributed by atoms with Crippen molar-refractivity contribution in [2.24, 2.45) is 5.92 Å². The molecule has 1 saturated heterocycles. The molecule has 5 heteroatoms. The van der Waals surface area contributed by atoms with Crippen LogP contribution in [0.2, 0.25) is 0 Å². The first-order valence-corrected chi connectivity index (χ1v) is 6.46. The van der Waals surface area contributed by atoms with Crippen LogP contribution in [0.15, 0.2) is 30.3 Å². The van der Waals surface area contributed by atoms with E-state index in [1.807, 2.05) is 30.3 Å². The first-order valence-electron chi connectivity index (χ1n) is 6.46. The van der Waals surface area contributed by atoms with Crippen LogP contribution in [0, 0.1) is 5.92 Å². The van der Waals surface area contributed by atoms with Gasteiger partial charge in [0.1, 0.15) is 12.8 Å². The minimum atomic E-state index is -0.968. The molecule has 1 aromatic carbocycles. The Labute approximate surface area is 111 Å². The molecule has 1 aliphatic carbocycles. The SMILES string of the molecule is O=C(OCc1ccccc1)N1CCOC[C@H]2[C@H](F)[C@H]21. The molecule has 3 rings (SSSR count). The van der Waals surface area contributed by atoms with Crippen LogP contribution in [-0.2, 0) is 16.1 Å². The molecule has 2 aliphatic rings. The smallest absolute Gasteiger partial charge is 0.410 e. The molecular weight excluding hydrogens is 249 g/mol. The summed E-state index contributed by atoms with van der Waals surface area (Å²) in [5, 5.41) is 0. The van der Waals surface area contributed by atoms with Gasteiger partial charge in [-0.1, -0.05) is 30.3 Å². The van der Waals surface area contributed by atoms with E-state index in [1.54, 1.807) is 0 Å². The molecule has 0 spiro atoms. The minimum Gasteiger partial charge on any atom is -0.445 e. The van der Waals surface area contributed by atoms with Crippen molar-refractivity contribution in [1.29, 1.82) is 0 Å². The predicted molar refractivity (Wildman–Crippen MR) is 66.3 cm³/mol. The van der Waals surface area contributed by atoms with E-state index < -0.39 is 12.3 Å². The molecule has 1 heterocycles. The average molecular weight is 265 g/mol. The van der Waals surface area contributed by atoms with Gasteiger partial charge in [-0.2, -0.15) is 0 Å². The molecule has 0 radical (unpaired) electrons. The normalized spacial score (nSPS) is 29.3. The summed E-state index contributed by atoms with van der Waals surface area (Å²) in [6.45, 7) is 1.45. The third-order valence-electron chi connectivity index (χ3n) is 3.62.